The molecule has 2 rings (SSSR count). The van der Waals surface area contributed by atoms with Crippen LogP contribution in [0.25, 0.3) is 0 Å². The minimum Gasteiger partial charge on any atom is -0.325 e. The van der Waals surface area contributed by atoms with Crippen molar-refractivity contribution in [3.05, 3.63) is 35.4 Å². The van der Waals surface area contributed by atoms with Crippen LogP contribution in [-0.2, 0) is 12.8 Å². The molecule has 0 atom stereocenters. The lowest BCUT2D eigenvalue weighted by Gasteiger charge is -2.08. The van der Waals surface area contributed by atoms with Crippen molar-refractivity contribution in [1.29, 1.82) is 0 Å². The normalized spacial score (nSPS) is 18.1. The Labute approximate surface area is 86.3 Å². The molecule has 0 radical (unpaired) electrons. The van der Waals surface area contributed by atoms with E-state index < -0.39 is 0 Å². The second-order valence-corrected chi connectivity index (χ2v) is 4.61. The van der Waals surface area contributed by atoms with Crippen molar-refractivity contribution in [3.63, 3.8) is 0 Å². The van der Waals surface area contributed by atoms with Gasteiger partial charge in [0.25, 0.3) is 0 Å². The Bertz CT molecular complexity index is 296. The van der Waals surface area contributed by atoms with Gasteiger partial charge in [-0.2, -0.15) is 0 Å². The molecule has 2 N–H and O–H groups in total. The third-order valence-electron chi connectivity index (χ3n) is 3.01. The van der Waals surface area contributed by atoms with Gasteiger partial charge < -0.3 is 5.73 Å². The first-order chi connectivity index (χ1) is 6.72. The summed E-state index contributed by atoms with van der Waals surface area (Å²) in [5, 5.41) is 0. The first-order valence-corrected chi connectivity index (χ1v) is 5.58. The fraction of sp³-hybridized carbons (Fsp3) is 0.538. The van der Waals surface area contributed by atoms with Gasteiger partial charge in [-0.3, -0.25) is 0 Å². The molecule has 1 aliphatic carbocycles. The van der Waals surface area contributed by atoms with Crippen LogP contribution in [-0.4, -0.2) is 5.54 Å². The van der Waals surface area contributed by atoms with Crippen LogP contribution in [0.2, 0.25) is 0 Å². The molecule has 0 aliphatic heterocycles. The predicted octanol–water partition coefficient (Wildman–Crippen LogP) is 2.67. The molecular formula is C13H19N. The monoisotopic (exact) mass is 189 g/mol. The van der Waals surface area contributed by atoms with Crippen molar-refractivity contribution in [3.8, 4) is 0 Å². The summed E-state index contributed by atoms with van der Waals surface area (Å²) in [6, 6.07) is 8.95. The van der Waals surface area contributed by atoms with E-state index in [4.69, 9.17) is 5.73 Å². The molecule has 0 spiro atoms. The molecule has 1 saturated carbocycles. The van der Waals surface area contributed by atoms with Gasteiger partial charge in [0.15, 0.2) is 0 Å². The lowest BCUT2D eigenvalue weighted by atomic mass is 10.0. The SMILES string of the molecule is CCCc1ccc(CC2(N)CC2)cc1. The molecular weight excluding hydrogens is 170 g/mol. The minimum atomic E-state index is 0.145. The molecule has 76 valence electrons. The van der Waals surface area contributed by atoms with E-state index >= 15 is 0 Å². The Morgan fingerprint density at radius 1 is 1.14 bits per heavy atom. The van der Waals surface area contributed by atoms with Gasteiger partial charge in [-0.1, -0.05) is 37.6 Å². The Kier molecular flexibility index (Phi) is 2.60. The van der Waals surface area contributed by atoms with Crippen LogP contribution in [0.3, 0.4) is 0 Å². The first-order valence-electron chi connectivity index (χ1n) is 5.58. The van der Waals surface area contributed by atoms with Crippen LogP contribution in [0.5, 0.6) is 0 Å². The van der Waals surface area contributed by atoms with E-state index in [0.29, 0.717) is 0 Å². The van der Waals surface area contributed by atoms with E-state index in [1.807, 2.05) is 0 Å². The van der Waals surface area contributed by atoms with Gasteiger partial charge in [-0.05, 0) is 36.8 Å². The van der Waals surface area contributed by atoms with Gasteiger partial charge in [-0.15, -0.1) is 0 Å². The predicted molar refractivity (Wildman–Crippen MR) is 60.3 cm³/mol. The standard InChI is InChI=1S/C13H19N/c1-2-3-11-4-6-12(7-5-11)10-13(14)8-9-13/h4-7H,2-3,8-10,14H2,1H3. The molecule has 0 heterocycles. The second-order valence-electron chi connectivity index (χ2n) is 4.61. The van der Waals surface area contributed by atoms with Gasteiger partial charge in [0, 0.05) is 5.54 Å². The van der Waals surface area contributed by atoms with Crippen molar-refractivity contribution in [1.82, 2.24) is 0 Å². The molecule has 1 aromatic rings. The summed E-state index contributed by atoms with van der Waals surface area (Å²) >= 11 is 0. The smallest absolute Gasteiger partial charge is 0.0196 e. The quantitative estimate of drug-likeness (QED) is 0.774. The number of aryl methyl sites for hydroxylation is 1. The highest BCUT2D eigenvalue weighted by molar-refractivity contribution is 5.25. The van der Waals surface area contributed by atoms with E-state index in [0.717, 1.165) is 6.42 Å². The maximum atomic E-state index is 6.08. The van der Waals surface area contributed by atoms with Crippen LogP contribution in [0, 0.1) is 0 Å². The number of rotatable bonds is 4. The van der Waals surface area contributed by atoms with Crippen molar-refractivity contribution in [2.75, 3.05) is 0 Å². The molecule has 0 aromatic heterocycles. The van der Waals surface area contributed by atoms with E-state index in [2.05, 4.69) is 31.2 Å². The summed E-state index contributed by atoms with van der Waals surface area (Å²) in [5.74, 6) is 0. The Balaban J connectivity index is 1.99. The van der Waals surface area contributed by atoms with Crippen LogP contribution in [0.15, 0.2) is 24.3 Å². The third kappa shape index (κ3) is 2.36. The fourth-order valence-corrected chi connectivity index (χ4v) is 1.86. The summed E-state index contributed by atoms with van der Waals surface area (Å²) in [7, 11) is 0. The maximum absolute atomic E-state index is 6.08. The zero-order valence-electron chi connectivity index (χ0n) is 8.92. The van der Waals surface area contributed by atoms with Crippen molar-refractivity contribution in [2.45, 2.75) is 44.6 Å². The topological polar surface area (TPSA) is 26.0 Å². The molecule has 1 heteroatoms. The largest absolute Gasteiger partial charge is 0.325 e. The summed E-state index contributed by atoms with van der Waals surface area (Å²) in [6.07, 6.45) is 5.86. The molecule has 0 saturated heterocycles. The van der Waals surface area contributed by atoms with Crippen molar-refractivity contribution in [2.24, 2.45) is 5.73 Å². The summed E-state index contributed by atoms with van der Waals surface area (Å²) in [5.41, 5.74) is 9.06. The molecule has 0 amide bonds. The zero-order valence-corrected chi connectivity index (χ0v) is 8.92. The van der Waals surface area contributed by atoms with E-state index in [1.54, 1.807) is 0 Å². The minimum absolute atomic E-state index is 0.145. The first kappa shape index (κ1) is 9.72. The molecule has 1 fully saturated rings. The van der Waals surface area contributed by atoms with E-state index in [9.17, 15) is 0 Å². The van der Waals surface area contributed by atoms with Crippen LogP contribution >= 0.6 is 0 Å². The molecule has 14 heavy (non-hydrogen) atoms. The molecule has 0 bridgehead atoms. The summed E-state index contributed by atoms with van der Waals surface area (Å²) in [6.45, 7) is 2.22. The number of benzene rings is 1. The maximum Gasteiger partial charge on any atom is 0.0196 e. The average molecular weight is 189 g/mol. The number of hydrogen-bond acceptors (Lipinski definition) is 1. The van der Waals surface area contributed by atoms with Crippen LogP contribution in [0.1, 0.15) is 37.3 Å². The van der Waals surface area contributed by atoms with Crippen LogP contribution in [0.4, 0.5) is 0 Å². The zero-order chi connectivity index (χ0) is 10.0. The van der Waals surface area contributed by atoms with Crippen molar-refractivity contribution < 1.29 is 0 Å². The molecule has 1 nitrogen and oxygen atoms in total. The average Bonchev–Trinajstić information content (AvgIpc) is 2.88. The Morgan fingerprint density at radius 3 is 2.21 bits per heavy atom. The highest BCUT2D eigenvalue weighted by Crippen LogP contribution is 2.35. The van der Waals surface area contributed by atoms with E-state index in [-0.39, 0.29) is 5.54 Å². The highest BCUT2D eigenvalue weighted by atomic mass is 14.8. The summed E-state index contributed by atoms with van der Waals surface area (Å²) in [4.78, 5) is 0. The van der Waals surface area contributed by atoms with Crippen molar-refractivity contribution >= 4 is 0 Å². The highest BCUT2D eigenvalue weighted by Gasteiger charge is 2.37. The van der Waals surface area contributed by atoms with Gasteiger partial charge >= 0.3 is 0 Å². The second kappa shape index (κ2) is 3.74. The van der Waals surface area contributed by atoms with Gasteiger partial charge in [-0.25, -0.2) is 0 Å². The lowest BCUT2D eigenvalue weighted by molar-refractivity contribution is 0.672. The number of nitrogens with two attached hydrogens (primary N) is 1. The number of hydrogen-bond donors (Lipinski definition) is 1. The Hall–Kier alpha value is -0.820. The van der Waals surface area contributed by atoms with E-state index in [1.165, 1.54) is 36.8 Å². The van der Waals surface area contributed by atoms with Gasteiger partial charge in [0.05, 0.1) is 0 Å². The van der Waals surface area contributed by atoms with Gasteiger partial charge in [0.1, 0.15) is 0 Å². The molecule has 1 aliphatic rings. The third-order valence-corrected chi connectivity index (χ3v) is 3.01. The van der Waals surface area contributed by atoms with Crippen LogP contribution < -0.4 is 5.73 Å². The molecule has 0 unspecified atom stereocenters. The summed E-state index contributed by atoms with van der Waals surface area (Å²) < 4.78 is 0. The fourth-order valence-electron chi connectivity index (χ4n) is 1.86. The van der Waals surface area contributed by atoms with Gasteiger partial charge in [0.2, 0.25) is 0 Å². The molecule has 1 aromatic carbocycles. The Morgan fingerprint density at radius 2 is 1.71 bits per heavy atom. The lowest BCUT2D eigenvalue weighted by Crippen LogP contribution is -2.24.